The first-order chi connectivity index (χ1) is 31.4. The molecule has 0 bridgehead atoms. The molecule has 3 amide bonds. The van der Waals surface area contributed by atoms with Gasteiger partial charge in [-0.2, -0.15) is 5.10 Å². The molecular weight excluding hydrogens is 827 g/mol. The van der Waals surface area contributed by atoms with Crippen LogP contribution >= 0.6 is 0 Å². The number of imidazole rings is 1. The third-order valence-corrected chi connectivity index (χ3v) is 13.7. The Morgan fingerprint density at radius 1 is 1.00 bits per heavy atom. The first kappa shape index (κ1) is 44.5. The zero-order valence-corrected chi connectivity index (χ0v) is 38.1. The zero-order chi connectivity index (χ0) is 45.2. The molecule has 5 aromatic rings. The molecular formula is C48H63N11O6. The van der Waals surface area contributed by atoms with Crippen LogP contribution in [0.3, 0.4) is 0 Å². The minimum atomic E-state index is -0.683. The van der Waals surface area contributed by atoms with Crippen molar-refractivity contribution in [2.45, 2.75) is 102 Å². The number of carbonyl (C=O) groups is 3. The van der Waals surface area contributed by atoms with Crippen LogP contribution in [0.15, 0.2) is 58.2 Å². The standard InChI is InChI=1S/C48H63N11O6/c1-30(2)44-37(51-45(61)38-29-65-47(52-38)34-17-18-49-42(23-34)50-24-32-7-8-32)28-58(54-44)35-12-9-33(10-13-35)25-55(3)26-36-27-57(20-21-64-36)19-5-6-31-11-14-39-41(22-31)56(4)48(63)59(39)40-15-16-43(60)53-46(40)62/h11,14,17-18,22-23,28-30,32-33,35-36,40H,5-10,12-13,15-16,19-21,24-27H2,1-4H3,(H,49,50)(H,51,61)(H,53,60,62)/t33?,35?,36-,40?/m1/s1. The monoisotopic (exact) mass is 889 g/mol. The molecule has 2 aliphatic heterocycles. The third kappa shape index (κ3) is 10.4. The number of likely N-dealkylation sites (N-methyl/N-ethyl adjacent to an activating group) is 1. The Hall–Kier alpha value is -5.65. The van der Waals surface area contributed by atoms with Gasteiger partial charge in [0.05, 0.1) is 41.2 Å². The lowest BCUT2D eigenvalue weighted by Gasteiger charge is -2.36. The highest BCUT2D eigenvalue weighted by Gasteiger charge is 2.32. The smallest absolute Gasteiger partial charge is 0.329 e. The summed E-state index contributed by atoms with van der Waals surface area (Å²) in [4.78, 5) is 64.8. The normalized spacial score (nSPS) is 21.9. The minimum Gasteiger partial charge on any atom is -0.444 e. The summed E-state index contributed by atoms with van der Waals surface area (Å²) >= 11 is 0. The number of amides is 3. The quantitative estimate of drug-likeness (QED) is 0.0961. The molecule has 65 heavy (non-hydrogen) atoms. The Morgan fingerprint density at radius 2 is 1.82 bits per heavy atom. The Balaban J connectivity index is 0.720. The van der Waals surface area contributed by atoms with Crippen molar-refractivity contribution >= 4 is 40.3 Å². The van der Waals surface area contributed by atoms with E-state index in [-0.39, 0.29) is 47.7 Å². The molecule has 2 saturated carbocycles. The fourth-order valence-electron chi connectivity index (χ4n) is 9.89. The fourth-order valence-corrected chi connectivity index (χ4v) is 9.89. The van der Waals surface area contributed by atoms with Crippen LogP contribution in [0, 0.1) is 11.8 Å². The molecule has 17 nitrogen and oxygen atoms in total. The number of nitrogens with one attached hydrogen (secondary N) is 3. The second kappa shape index (κ2) is 19.4. The van der Waals surface area contributed by atoms with E-state index >= 15 is 0 Å². The van der Waals surface area contributed by atoms with E-state index < -0.39 is 11.9 Å². The van der Waals surface area contributed by atoms with Gasteiger partial charge in [0.2, 0.25) is 17.7 Å². The summed E-state index contributed by atoms with van der Waals surface area (Å²) in [6.07, 6.45) is 14.5. The number of rotatable bonds is 17. The van der Waals surface area contributed by atoms with Gasteiger partial charge in [0.25, 0.3) is 5.91 Å². The van der Waals surface area contributed by atoms with Crippen molar-refractivity contribution in [1.29, 1.82) is 0 Å². The molecule has 6 heterocycles. The second-order valence-electron chi connectivity index (χ2n) is 19.1. The summed E-state index contributed by atoms with van der Waals surface area (Å²) in [5, 5.41) is 13.8. The van der Waals surface area contributed by atoms with Gasteiger partial charge in [-0.1, -0.05) is 19.9 Å². The highest BCUT2D eigenvalue weighted by molar-refractivity contribution is 6.03. The van der Waals surface area contributed by atoms with E-state index in [9.17, 15) is 19.2 Å². The van der Waals surface area contributed by atoms with Gasteiger partial charge in [-0.05, 0) is 119 Å². The molecule has 0 spiro atoms. The lowest BCUT2D eigenvalue weighted by atomic mass is 9.86. The Labute approximate surface area is 379 Å². The second-order valence-corrected chi connectivity index (χ2v) is 19.1. The van der Waals surface area contributed by atoms with Crippen molar-refractivity contribution in [3.8, 4) is 11.5 Å². The summed E-state index contributed by atoms with van der Waals surface area (Å²) in [7, 11) is 3.95. The molecule has 2 saturated heterocycles. The number of benzene rings is 1. The van der Waals surface area contributed by atoms with Crippen LogP contribution in [-0.2, 0) is 27.8 Å². The van der Waals surface area contributed by atoms with Gasteiger partial charge in [0, 0.05) is 64.1 Å². The van der Waals surface area contributed by atoms with Gasteiger partial charge in [-0.3, -0.25) is 38.4 Å². The summed E-state index contributed by atoms with van der Waals surface area (Å²) in [6.45, 7) is 10.5. The average Bonchev–Trinajstić information content (AvgIpc) is 3.71. The third-order valence-electron chi connectivity index (χ3n) is 13.7. The zero-order valence-electron chi connectivity index (χ0n) is 38.1. The van der Waals surface area contributed by atoms with Crippen LogP contribution in [0.2, 0.25) is 0 Å². The molecule has 4 fully saturated rings. The van der Waals surface area contributed by atoms with E-state index in [0.29, 0.717) is 29.4 Å². The number of ether oxygens (including phenoxy) is 1. The fraction of sp³-hybridized carbons (Fsp3) is 0.562. The van der Waals surface area contributed by atoms with Crippen LogP contribution < -0.4 is 21.6 Å². The molecule has 0 radical (unpaired) electrons. The summed E-state index contributed by atoms with van der Waals surface area (Å²) in [6, 6.07) is 9.37. The Morgan fingerprint density at radius 3 is 2.60 bits per heavy atom. The van der Waals surface area contributed by atoms with E-state index in [2.05, 4.69) is 67.4 Å². The number of morpholine rings is 1. The van der Waals surface area contributed by atoms with E-state index in [1.54, 1.807) is 17.8 Å². The van der Waals surface area contributed by atoms with Crippen LogP contribution in [-0.4, -0.2) is 115 Å². The number of pyridine rings is 1. The highest BCUT2D eigenvalue weighted by atomic mass is 16.5. The molecule has 4 aliphatic rings. The van der Waals surface area contributed by atoms with Gasteiger partial charge in [-0.25, -0.2) is 14.8 Å². The molecule has 1 aromatic carbocycles. The number of carbonyl (C=O) groups excluding carboxylic acids is 3. The van der Waals surface area contributed by atoms with E-state index in [1.165, 1.54) is 23.7 Å². The number of nitrogens with zero attached hydrogens (tertiary/aromatic N) is 8. The molecule has 346 valence electrons. The van der Waals surface area contributed by atoms with E-state index in [1.807, 2.05) is 30.5 Å². The number of oxazole rings is 1. The van der Waals surface area contributed by atoms with Crippen molar-refractivity contribution in [2.24, 2.45) is 18.9 Å². The maximum Gasteiger partial charge on any atom is 0.329 e. The minimum absolute atomic E-state index is 0.127. The number of aromatic nitrogens is 6. The first-order valence-corrected chi connectivity index (χ1v) is 23.6. The van der Waals surface area contributed by atoms with Crippen molar-refractivity contribution in [3.05, 3.63) is 76.4 Å². The van der Waals surface area contributed by atoms with Gasteiger partial charge in [0.1, 0.15) is 18.1 Å². The van der Waals surface area contributed by atoms with Gasteiger partial charge in [-0.15, -0.1) is 0 Å². The number of fused-ring (bicyclic) bond motifs is 1. The lowest BCUT2D eigenvalue weighted by molar-refractivity contribution is -0.135. The molecule has 3 N–H and O–H groups in total. The summed E-state index contributed by atoms with van der Waals surface area (Å²) in [5.41, 5.74) is 4.96. The van der Waals surface area contributed by atoms with E-state index in [0.717, 1.165) is 118 Å². The van der Waals surface area contributed by atoms with Crippen molar-refractivity contribution in [2.75, 3.05) is 63.6 Å². The maximum absolute atomic E-state index is 13.4. The molecule has 2 aliphatic carbocycles. The van der Waals surface area contributed by atoms with Gasteiger partial charge in [0.15, 0.2) is 5.69 Å². The number of hydrogen-bond acceptors (Lipinski definition) is 12. The SMILES string of the molecule is CC(C)c1nn(C2CCC(CN(C)C[C@@H]3CN(CCCc4ccc5c(c4)n(C)c(=O)n5C4CCC(=O)NC4=O)CCO3)CC2)cc1NC(=O)c1coc(-c2ccnc(NCC3CC3)c2)n1. The highest BCUT2D eigenvalue weighted by Crippen LogP contribution is 2.35. The molecule has 17 heteroatoms. The molecule has 9 rings (SSSR count). The molecule has 2 atom stereocenters. The lowest BCUT2D eigenvalue weighted by Crippen LogP contribution is -2.47. The average molecular weight is 890 g/mol. The van der Waals surface area contributed by atoms with E-state index in [4.69, 9.17) is 14.3 Å². The predicted molar refractivity (Wildman–Crippen MR) is 247 cm³/mol. The summed E-state index contributed by atoms with van der Waals surface area (Å²) < 4.78 is 17.2. The van der Waals surface area contributed by atoms with Crippen LogP contribution in [0.25, 0.3) is 22.5 Å². The Bertz CT molecular complexity index is 2560. The predicted octanol–water partition coefficient (Wildman–Crippen LogP) is 5.76. The molecule has 4 aromatic heterocycles. The molecule has 1 unspecified atom stereocenters. The maximum atomic E-state index is 13.4. The summed E-state index contributed by atoms with van der Waals surface area (Å²) in [5.74, 6) is 1.55. The number of imide groups is 1. The topological polar surface area (TPSA) is 187 Å². The van der Waals surface area contributed by atoms with Crippen LogP contribution in [0.1, 0.15) is 111 Å². The van der Waals surface area contributed by atoms with Crippen molar-refractivity contribution in [1.82, 2.24) is 44.0 Å². The van der Waals surface area contributed by atoms with Crippen LogP contribution in [0.4, 0.5) is 11.5 Å². The van der Waals surface area contributed by atoms with Crippen LogP contribution in [0.5, 0.6) is 0 Å². The number of anilines is 2. The van der Waals surface area contributed by atoms with Crippen molar-refractivity contribution < 1.29 is 23.5 Å². The number of hydrogen-bond donors (Lipinski definition) is 3. The number of aryl methyl sites for hydroxylation is 2. The van der Waals surface area contributed by atoms with Crippen molar-refractivity contribution in [3.63, 3.8) is 0 Å². The van der Waals surface area contributed by atoms with Gasteiger partial charge >= 0.3 is 5.69 Å². The Kier molecular flexibility index (Phi) is 13.3. The largest absolute Gasteiger partial charge is 0.444 e. The van der Waals surface area contributed by atoms with Gasteiger partial charge < -0.3 is 24.7 Å². The first-order valence-electron chi connectivity index (χ1n) is 23.6. The number of piperidine rings is 1.